The molecule has 0 aromatic heterocycles. The van der Waals surface area contributed by atoms with Crippen LogP contribution in [0.2, 0.25) is 0 Å². The van der Waals surface area contributed by atoms with Crippen LogP contribution < -0.4 is 21.3 Å². The largest absolute Gasteiger partial charge is 0.381 e. The normalized spacial score (nSPS) is 17.9. The molecule has 184 valence electrons. The number of nitrogens with zero attached hydrogens (tertiary/aromatic N) is 1. The summed E-state index contributed by atoms with van der Waals surface area (Å²) in [7, 11) is 0. The molecule has 2 amide bonds. The summed E-state index contributed by atoms with van der Waals surface area (Å²) >= 11 is 0. The molecule has 0 bridgehead atoms. The lowest BCUT2D eigenvalue weighted by Gasteiger charge is -2.21. The van der Waals surface area contributed by atoms with Gasteiger partial charge in [-0.25, -0.2) is 0 Å². The van der Waals surface area contributed by atoms with Crippen LogP contribution in [0.4, 0.5) is 11.4 Å². The quantitative estimate of drug-likeness (QED) is 0.468. The van der Waals surface area contributed by atoms with Crippen LogP contribution in [-0.2, 0) is 4.74 Å². The first-order chi connectivity index (χ1) is 17.2. The fourth-order valence-corrected chi connectivity index (χ4v) is 4.63. The number of rotatable bonds is 8. The second-order valence-corrected chi connectivity index (χ2v) is 9.49. The first-order valence-corrected chi connectivity index (χ1v) is 12.6. The Morgan fingerprint density at radius 1 is 1.00 bits per heavy atom. The molecule has 2 aromatic rings. The van der Waals surface area contributed by atoms with E-state index in [0.29, 0.717) is 42.0 Å². The van der Waals surface area contributed by atoms with Crippen molar-refractivity contribution in [1.29, 1.82) is 0 Å². The van der Waals surface area contributed by atoms with Crippen LogP contribution in [0, 0.1) is 5.92 Å². The third kappa shape index (κ3) is 6.19. The van der Waals surface area contributed by atoms with Gasteiger partial charge in [0.1, 0.15) is 0 Å². The van der Waals surface area contributed by atoms with Gasteiger partial charge in [-0.1, -0.05) is 6.07 Å². The lowest BCUT2D eigenvalue weighted by Crippen LogP contribution is -2.38. The van der Waals surface area contributed by atoms with Gasteiger partial charge in [0.25, 0.3) is 11.8 Å². The van der Waals surface area contributed by atoms with Gasteiger partial charge in [-0.3, -0.25) is 19.9 Å². The smallest absolute Gasteiger partial charge is 0.257 e. The number of nitrogens with one attached hydrogen (secondary N) is 4. The van der Waals surface area contributed by atoms with Gasteiger partial charge in [0.2, 0.25) is 0 Å². The average Bonchev–Trinajstić information content (AvgIpc) is 3.61. The molecule has 0 atom stereocenters. The second kappa shape index (κ2) is 10.9. The van der Waals surface area contributed by atoms with E-state index in [1.165, 1.54) is 0 Å². The second-order valence-electron chi connectivity index (χ2n) is 9.49. The van der Waals surface area contributed by atoms with Gasteiger partial charge in [0.05, 0.1) is 6.54 Å². The monoisotopic (exact) mass is 475 g/mol. The molecule has 0 unspecified atom stereocenters. The highest BCUT2D eigenvalue weighted by Crippen LogP contribution is 2.44. The summed E-state index contributed by atoms with van der Waals surface area (Å²) < 4.78 is 5.41. The highest BCUT2D eigenvalue weighted by atomic mass is 16.5. The van der Waals surface area contributed by atoms with Crippen LogP contribution in [-0.4, -0.2) is 50.6 Å². The molecule has 3 aliphatic rings. The molecule has 2 fully saturated rings. The van der Waals surface area contributed by atoms with Crippen LogP contribution in [0.15, 0.2) is 47.5 Å². The standard InChI is InChI=1S/C27H33N5O3/c33-25(28-11-8-18-9-14-35-15-10-18)20-2-1-3-22(16-20)31-24-7-6-21(17-23(24)19-4-5-19)26(34)32-27-29-12-13-30-27/h1-3,6-7,16-19,31H,4-5,8-15H2,(H,28,33)(H2,29,30,32,34). The highest BCUT2D eigenvalue weighted by Gasteiger charge is 2.27. The molecule has 4 N–H and O–H groups in total. The molecular formula is C27H33N5O3. The van der Waals surface area contributed by atoms with Gasteiger partial charge in [0, 0.05) is 48.8 Å². The van der Waals surface area contributed by atoms with E-state index in [1.54, 1.807) is 0 Å². The van der Waals surface area contributed by atoms with E-state index in [4.69, 9.17) is 4.74 Å². The van der Waals surface area contributed by atoms with Crippen molar-refractivity contribution in [2.75, 3.05) is 38.2 Å². The van der Waals surface area contributed by atoms with Crippen LogP contribution in [0.25, 0.3) is 0 Å². The predicted molar refractivity (Wildman–Crippen MR) is 136 cm³/mol. The Bertz CT molecular complexity index is 1110. The molecule has 1 saturated carbocycles. The van der Waals surface area contributed by atoms with Gasteiger partial charge < -0.3 is 20.7 Å². The number of hydrogen-bond acceptors (Lipinski definition) is 6. The zero-order chi connectivity index (χ0) is 24.0. The van der Waals surface area contributed by atoms with Crippen LogP contribution in [0.3, 0.4) is 0 Å². The minimum Gasteiger partial charge on any atom is -0.381 e. The Morgan fingerprint density at radius 2 is 1.83 bits per heavy atom. The van der Waals surface area contributed by atoms with Crippen molar-refractivity contribution in [1.82, 2.24) is 16.0 Å². The van der Waals surface area contributed by atoms with Crippen molar-refractivity contribution in [3.63, 3.8) is 0 Å². The molecule has 8 heteroatoms. The van der Waals surface area contributed by atoms with Crippen molar-refractivity contribution in [2.45, 2.75) is 38.0 Å². The molecule has 1 aliphatic carbocycles. The summed E-state index contributed by atoms with van der Waals surface area (Å²) in [6, 6.07) is 13.3. The number of aliphatic imine (C=N–C) groups is 1. The van der Waals surface area contributed by atoms with Crippen molar-refractivity contribution in [2.24, 2.45) is 10.9 Å². The number of ether oxygens (including phenoxy) is 1. The lowest BCUT2D eigenvalue weighted by molar-refractivity contribution is 0.0636. The van der Waals surface area contributed by atoms with Crippen molar-refractivity contribution in [3.05, 3.63) is 59.2 Å². The summed E-state index contributed by atoms with van der Waals surface area (Å²) in [6.07, 6.45) is 5.36. The maximum atomic E-state index is 12.7. The minimum atomic E-state index is -0.161. The van der Waals surface area contributed by atoms with E-state index in [1.807, 2.05) is 42.5 Å². The first kappa shape index (κ1) is 23.4. The SMILES string of the molecule is O=C(NCCC1CCOCC1)c1cccc(Nc2ccc(C(=O)NC3=NCCN3)cc2C2CC2)c1. The molecule has 5 rings (SSSR count). The number of anilines is 2. The Hall–Kier alpha value is -3.39. The summed E-state index contributed by atoms with van der Waals surface area (Å²) in [5.41, 5.74) is 4.20. The third-order valence-corrected chi connectivity index (χ3v) is 6.82. The van der Waals surface area contributed by atoms with Crippen LogP contribution in [0.1, 0.15) is 64.3 Å². The Morgan fingerprint density at radius 3 is 2.60 bits per heavy atom. The van der Waals surface area contributed by atoms with E-state index in [9.17, 15) is 9.59 Å². The van der Waals surface area contributed by atoms with Gasteiger partial charge in [-0.2, -0.15) is 0 Å². The topological polar surface area (TPSA) is 104 Å². The number of amides is 2. The van der Waals surface area contributed by atoms with E-state index in [-0.39, 0.29) is 11.8 Å². The predicted octanol–water partition coefficient (Wildman–Crippen LogP) is 3.54. The average molecular weight is 476 g/mol. The molecule has 2 heterocycles. The van der Waals surface area contributed by atoms with Crippen LogP contribution >= 0.6 is 0 Å². The molecule has 35 heavy (non-hydrogen) atoms. The maximum Gasteiger partial charge on any atom is 0.257 e. The molecule has 2 aromatic carbocycles. The van der Waals surface area contributed by atoms with Gasteiger partial charge in [-0.15, -0.1) is 0 Å². The zero-order valence-electron chi connectivity index (χ0n) is 19.9. The summed E-state index contributed by atoms with van der Waals surface area (Å²) in [6.45, 7) is 3.76. The Balaban J connectivity index is 1.22. The zero-order valence-corrected chi connectivity index (χ0v) is 19.9. The van der Waals surface area contributed by atoms with Crippen LogP contribution in [0.5, 0.6) is 0 Å². The number of hydrogen-bond donors (Lipinski definition) is 4. The van der Waals surface area contributed by atoms with Crippen molar-refractivity contribution >= 4 is 29.1 Å². The van der Waals surface area contributed by atoms with E-state index in [0.717, 1.165) is 68.8 Å². The summed E-state index contributed by atoms with van der Waals surface area (Å²) in [5.74, 6) is 1.40. The molecule has 0 spiro atoms. The van der Waals surface area contributed by atoms with Gasteiger partial charge in [0.15, 0.2) is 5.96 Å². The Labute approximate surface area is 205 Å². The van der Waals surface area contributed by atoms with Gasteiger partial charge in [-0.05, 0) is 85.9 Å². The molecule has 8 nitrogen and oxygen atoms in total. The summed E-state index contributed by atoms with van der Waals surface area (Å²) in [5, 5.41) is 12.4. The van der Waals surface area contributed by atoms with Crippen molar-refractivity contribution in [3.8, 4) is 0 Å². The van der Waals surface area contributed by atoms with Gasteiger partial charge >= 0.3 is 0 Å². The molecule has 2 aliphatic heterocycles. The third-order valence-electron chi connectivity index (χ3n) is 6.82. The number of guanidine groups is 1. The minimum absolute atomic E-state index is 0.0569. The number of carbonyl (C=O) groups excluding carboxylic acids is 2. The number of carbonyl (C=O) groups is 2. The molecular weight excluding hydrogens is 442 g/mol. The van der Waals surface area contributed by atoms with E-state index < -0.39 is 0 Å². The number of benzene rings is 2. The molecule has 0 radical (unpaired) electrons. The molecule has 1 saturated heterocycles. The summed E-state index contributed by atoms with van der Waals surface area (Å²) in [4.78, 5) is 29.6. The maximum absolute atomic E-state index is 12.7. The fraction of sp³-hybridized carbons (Fsp3) is 0.444. The Kier molecular flexibility index (Phi) is 7.28. The van der Waals surface area contributed by atoms with E-state index in [2.05, 4.69) is 26.3 Å². The van der Waals surface area contributed by atoms with Crippen molar-refractivity contribution < 1.29 is 14.3 Å². The first-order valence-electron chi connectivity index (χ1n) is 12.6. The fourth-order valence-electron chi connectivity index (χ4n) is 4.63. The lowest BCUT2D eigenvalue weighted by atomic mass is 9.97. The van der Waals surface area contributed by atoms with E-state index >= 15 is 0 Å². The highest BCUT2D eigenvalue weighted by molar-refractivity contribution is 6.06.